The molecule has 2 fully saturated rings. The molecular weight excluding hydrogens is 352 g/mol. The molecule has 3 aliphatic heterocycles. The Morgan fingerprint density at radius 3 is 2.64 bits per heavy atom. The highest BCUT2D eigenvalue weighted by molar-refractivity contribution is 5.67. The lowest BCUT2D eigenvalue weighted by atomic mass is 9.95. The van der Waals surface area contributed by atoms with Gasteiger partial charge in [0.25, 0.3) is 0 Å². The quantitative estimate of drug-likeness (QED) is 0.749. The number of ether oxygens (including phenoxy) is 1. The molecule has 0 atom stereocenters. The lowest BCUT2D eigenvalue weighted by Gasteiger charge is -2.31. The van der Waals surface area contributed by atoms with E-state index in [1.807, 2.05) is 0 Å². The van der Waals surface area contributed by atoms with Gasteiger partial charge in [0.1, 0.15) is 17.7 Å². The molecule has 0 bridgehead atoms. The number of nitriles is 1. The van der Waals surface area contributed by atoms with Gasteiger partial charge < -0.3 is 19.9 Å². The zero-order chi connectivity index (χ0) is 19.3. The molecule has 4 rings (SSSR count). The number of hydrogen-bond acceptors (Lipinski definition) is 7. The molecule has 0 aromatic carbocycles. The molecular formula is C21H32N6O. The van der Waals surface area contributed by atoms with Crippen LogP contribution in [0.25, 0.3) is 0 Å². The zero-order valence-electron chi connectivity index (χ0n) is 17.0. The fourth-order valence-electron chi connectivity index (χ4n) is 4.52. The number of hydrogen-bond donors (Lipinski definition) is 1. The topological polar surface area (TPSA) is 67.7 Å². The molecule has 0 unspecified atom stereocenters. The van der Waals surface area contributed by atoms with Gasteiger partial charge in [0, 0.05) is 51.4 Å². The monoisotopic (exact) mass is 384 g/mol. The Balaban J connectivity index is 1.50. The highest BCUT2D eigenvalue weighted by atomic mass is 16.5. The average Bonchev–Trinajstić information content (AvgIpc) is 3.26. The molecule has 152 valence electrons. The van der Waals surface area contributed by atoms with E-state index in [4.69, 9.17) is 9.72 Å². The third kappa shape index (κ3) is 4.24. The highest BCUT2D eigenvalue weighted by Gasteiger charge is 2.27. The van der Waals surface area contributed by atoms with Crippen LogP contribution >= 0.6 is 0 Å². The van der Waals surface area contributed by atoms with Gasteiger partial charge in [-0.05, 0) is 44.8 Å². The maximum atomic E-state index is 9.88. The lowest BCUT2D eigenvalue weighted by Crippen LogP contribution is -2.37. The molecule has 0 spiro atoms. The molecule has 0 saturated carbocycles. The predicted octanol–water partition coefficient (Wildman–Crippen LogP) is 1.68. The number of likely N-dealkylation sites (N-methyl/N-ethyl adjacent to an activating group) is 1. The van der Waals surface area contributed by atoms with Gasteiger partial charge >= 0.3 is 0 Å². The van der Waals surface area contributed by atoms with Crippen molar-refractivity contribution in [2.75, 3.05) is 76.3 Å². The Labute approximate surface area is 168 Å². The van der Waals surface area contributed by atoms with E-state index in [1.165, 1.54) is 24.0 Å². The van der Waals surface area contributed by atoms with Crippen molar-refractivity contribution in [3.63, 3.8) is 0 Å². The summed E-state index contributed by atoms with van der Waals surface area (Å²) >= 11 is 0. The van der Waals surface area contributed by atoms with Crippen LogP contribution in [0.15, 0.2) is 0 Å². The van der Waals surface area contributed by atoms with Crippen LogP contribution in [0.3, 0.4) is 0 Å². The number of rotatable bonds is 6. The van der Waals surface area contributed by atoms with Crippen LogP contribution in [0.4, 0.5) is 11.6 Å². The summed E-state index contributed by atoms with van der Waals surface area (Å²) in [6.07, 6.45) is 4.44. The molecule has 28 heavy (non-hydrogen) atoms. The summed E-state index contributed by atoms with van der Waals surface area (Å²) in [5.74, 6) is 1.89. The lowest BCUT2D eigenvalue weighted by molar-refractivity contribution is 0.0378. The fourth-order valence-corrected chi connectivity index (χ4v) is 4.52. The zero-order valence-corrected chi connectivity index (χ0v) is 17.0. The second-order valence-electron chi connectivity index (χ2n) is 8.14. The van der Waals surface area contributed by atoms with E-state index in [0.717, 1.165) is 95.6 Å². The number of anilines is 2. The van der Waals surface area contributed by atoms with Gasteiger partial charge in [-0.15, -0.1) is 0 Å². The normalized spacial score (nSPS) is 20.8. The summed E-state index contributed by atoms with van der Waals surface area (Å²) in [6.45, 7) is 9.67. The van der Waals surface area contributed by atoms with Gasteiger partial charge in [0.2, 0.25) is 0 Å². The summed E-state index contributed by atoms with van der Waals surface area (Å²) in [5, 5.41) is 13.4. The smallest absolute Gasteiger partial charge is 0.146 e. The van der Waals surface area contributed by atoms with E-state index in [1.54, 1.807) is 0 Å². The Bertz CT molecular complexity index is 719. The number of fused-ring (bicyclic) bond motifs is 1. The summed E-state index contributed by atoms with van der Waals surface area (Å²) in [5.41, 5.74) is 3.25. The van der Waals surface area contributed by atoms with E-state index in [0.29, 0.717) is 0 Å². The van der Waals surface area contributed by atoms with Crippen LogP contribution in [0.5, 0.6) is 0 Å². The Morgan fingerprint density at radius 1 is 1.11 bits per heavy atom. The first-order valence-electron chi connectivity index (χ1n) is 10.7. The Kier molecular flexibility index (Phi) is 6.30. The SMILES string of the molecule is CN1CCc2c(C#N)c(NCCCN3CCOCC3)nc(N3CCCC3)c2C1. The predicted molar refractivity (Wildman–Crippen MR) is 111 cm³/mol. The van der Waals surface area contributed by atoms with E-state index < -0.39 is 0 Å². The van der Waals surface area contributed by atoms with E-state index in [-0.39, 0.29) is 0 Å². The summed E-state index contributed by atoms with van der Waals surface area (Å²) < 4.78 is 5.42. The van der Waals surface area contributed by atoms with Gasteiger partial charge in [0.05, 0.1) is 18.8 Å². The molecule has 1 aromatic heterocycles. The van der Waals surface area contributed by atoms with Crippen molar-refractivity contribution in [1.29, 1.82) is 5.26 Å². The van der Waals surface area contributed by atoms with Crippen molar-refractivity contribution in [3.8, 4) is 6.07 Å². The second kappa shape index (κ2) is 9.08. The Morgan fingerprint density at radius 2 is 1.89 bits per heavy atom. The van der Waals surface area contributed by atoms with E-state index in [2.05, 4.69) is 33.1 Å². The van der Waals surface area contributed by atoms with Gasteiger partial charge in [-0.1, -0.05) is 0 Å². The van der Waals surface area contributed by atoms with Gasteiger partial charge in [-0.3, -0.25) is 4.90 Å². The average molecular weight is 385 g/mol. The molecule has 4 heterocycles. The first-order chi connectivity index (χ1) is 13.8. The number of nitrogens with zero attached hydrogens (tertiary/aromatic N) is 5. The highest BCUT2D eigenvalue weighted by Crippen LogP contribution is 2.34. The standard InChI is InChI=1S/C21H32N6O/c1-25-10-5-17-18(15-22)20(23-6-4-7-26-11-13-28-14-12-26)24-21(19(17)16-25)27-8-2-3-9-27/h2-14,16H2,1H3,(H,23,24). The van der Waals surface area contributed by atoms with Gasteiger partial charge in [0.15, 0.2) is 0 Å². The van der Waals surface area contributed by atoms with Gasteiger partial charge in [-0.25, -0.2) is 4.98 Å². The number of nitrogens with one attached hydrogen (secondary N) is 1. The van der Waals surface area contributed by atoms with Crippen molar-refractivity contribution in [1.82, 2.24) is 14.8 Å². The molecule has 7 nitrogen and oxygen atoms in total. The minimum absolute atomic E-state index is 0.761. The number of pyridine rings is 1. The van der Waals surface area contributed by atoms with Crippen molar-refractivity contribution in [3.05, 3.63) is 16.7 Å². The first kappa shape index (κ1) is 19.4. The van der Waals surface area contributed by atoms with Crippen molar-refractivity contribution < 1.29 is 4.74 Å². The van der Waals surface area contributed by atoms with Crippen LogP contribution in [-0.4, -0.2) is 80.9 Å². The molecule has 0 radical (unpaired) electrons. The third-order valence-electron chi connectivity index (χ3n) is 6.13. The number of aromatic nitrogens is 1. The van der Waals surface area contributed by atoms with Crippen LogP contribution < -0.4 is 10.2 Å². The van der Waals surface area contributed by atoms with Crippen LogP contribution in [0.2, 0.25) is 0 Å². The minimum Gasteiger partial charge on any atom is -0.379 e. The molecule has 3 aliphatic rings. The minimum atomic E-state index is 0.761. The van der Waals surface area contributed by atoms with Crippen LogP contribution in [-0.2, 0) is 17.7 Å². The van der Waals surface area contributed by atoms with Crippen molar-refractivity contribution in [2.24, 2.45) is 0 Å². The Hall–Kier alpha value is -1.88. The van der Waals surface area contributed by atoms with Crippen LogP contribution in [0, 0.1) is 11.3 Å². The summed E-state index contributed by atoms with van der Waals surface area (Å²) in [4.78, 5) is 12.2. The number of morpholine rings is 1. The van der Waals surface area contributed by atoms with Crippen LogP contribution in [0.1, 0.15) is 36.0 Å². The maximum absolute atomic E-state index is 9.88. The fraction of sp³-hybridized carbons (Fsp3) is 0.714. The summed E-state index contributed by atoms with van der Waals surface area (Å²) in [6, 6.07) is 2.46. The largest absolute Gasteiger partial charge is 0.379 e. The molecule has 0 amide bonds. The third-order valence-corrected chi connectivity index (χ3v) is 6.13. The maximum Gasteiger partial charge on any atom is 0.146 e. The van der Waals surface area contributed by atoms with Crippen molar-refractivity contribution >= 4 is 11.6 Å². The molecule has 1 N–H and O–H groups in total. The van der Waals surface area contributed by atoms with E-state index in [9.17, 15) is 5.26 Å². The van der Waals surface area contributed by atoms with E-state index >= 15 is 0 Å². The molecule has 1 aromatic rings. The van der Waals surface area contributed by atoms with Crippen molar-refractivity contribution in [2.45, 2.75) is 32.2 Å². The molecule has 2 saturated heterocycles. The molecule has 7 heteroatoms. The summed E-state index contributed by atoms with van der Waals surface area (Å²) in [7, 11) is 2.15. The van der Waals surface area contributed by atoms with Gasteiger partial charge in [-0.2, -0.15) is 5.26 Å². The molecule has 0 aliphatic carbocycles. The second-order valence-corrected chi connectivity index (χ2v) is 8.14. The first-order valence-corrected chi connectivity index (χ1v) is 10.7.